The molecule has 1 atom stereocenters. The van der Waals surface area contributed by atoms with Gasteiger partial charge in [0, 0.05) is 6.54 Å². The van der Waals surface area contributed by atoms with Crippen molar-refractivity contribution in [1.29, 1.82) is 0 Å². The van der Waals surface area contributed by atoms with Gasteiger partial charge in [-0.2, -0.15) is 0 Å². The molecule has 0 heterocycles. The van der Waals surface area contributed by atoms with E-state index >= 15 is 0 Å². The summed E-state index contributed by atoms with van der Waals surface area (Å²) in [6.07, 6.45) is 5.27. The molecule has 0 aromatic heterocycles. The summed E-state index contributed by atoms with van der Waals surface area (Å²) in [5, 5.41) is 2.74. The van der Waals surface area contributed by atoms with E-state index < -0.39 is 0 Å². The zero-order valence-electron chi connectivity index (χ0n) is 11.0. The number of allylic oxidation sites excluding steroid dienone is 2. The molecule has 3 heteroatoms. The highest BCUT2D eigenvalue weighted by atomic mass is 16.5. The van der Waals surface area contributed by atoms with Crippen LogP contribution in [0.4, 0.5) is 4.79 Å². The van der Waals surface area contributed by atoms with E-state index in [0.29, 0.717) is 19.1 Å². The highest BCUT2D eigenvalue weighted by molar-refractivity contribution is 5.66. The molecular formula is C13H25NO2. The first kappa shape index (κ1) is 15.0. The number of carbonyl (C=O) groups is 1. The van der Waals surface area contributed by atoms with Gasteiger partial charge < -0.3 is 10.1 Å². The Labute approximate surface area is 99.3 Å². The molecule has 1 amide bonds. The van der Waals surface area contributed by atoms with Gasteiger partial charge in [-0.15, -0.1) is 0 Å². The Bertz CT molecular complexity index is 220. The number of hydrogen-bond donors (Lipinski definition) is 1. The van der Waals surface area contributed by atoms with Gasteiger partial charge in [-0.3, -0.25) is 0 Å². The van der Waals surface area contributed by atoms with Crippen molar-refractivity contribution < 1.29 is 9.53 Å². The molecule has 0 aliphatic carbocycles. The molecule has 0 saturated carbocycles. The van der Waals surface area contributed by atoms with Crippen molar-refractivity contribution in [3.05, 3.63) is 11.6 Å². The SMILES string of the molecule is CCOC(=O)NCC[C@H](C)CCC=C(C)C. The molecule has 0 aliphatic rings. The first-order valence-corrected chi connectivity index (χ1v) is 6.10. The van der Waals surface area contributed by atoms with Crippen LogP contribution in [0, 0.1) is 5.92 Å². The summed E-state index contributed by atoms with van der Waals surface area (Å²) in [7, 11) is 0. The van der Waals surface area contributed by atoms with Crippen molar-refractivity contribution in [3.8, 4) is 0 Å². The van der Waals surface area contributed by atoms with Crippen LogP contribution >= 0.6 is 0 Å². The lowest BCUT2D eigenvalue weighted by molar-refractivity contribution is 0.151. The van der Waals surface area contributed by atoms with E-state index in [9.17, 15) is 4.79 Å². The maximum absolute atomic E-state index is 11.0. The summed E-state index contributed by atoms with van der Waals surface area (Å²) in [4.78, 5) is 11.0. The summed E-state index contributed by atoms with van der Waals surface area (Å²) in [5.41, 5.74) is 1.37. The highest BCUT2D eigenvalue weighted by Gasteiger charge is 2.03. The van der Waals surface area contributed by atoms with Crippen LogP contribution in [0.1, 0.15) is 47.0 Å². The van der Waals surface area contributed by atoms with Gasteiger partial charge in [-0.1, -0.05) is 18.6 Å². The van der Waals surface area contributed by atoms with E-state index in [2.05, 4.69) is 32.2 Å². The van der Waals surface area contributed by atoms with Gasteiger partial charge in [0.05, 0.1) is 6.61 Å². The van der Waals surface area contributed by atoms with Crippen molar-refractivity contribution in [1.82, 2.24) is 5.32 Å². The fourth-order valence-corrected chi connectivity index (χ4v) is 1.40. The van der Waals surface area contributed by atoms with Crippen LogP contribution in [-0.4, -0.2) is 19.2 Å². The lowest BCUT2D eigenvalue weighted by Crippen LogP contribution is -2.26. The predicted octanol–water partition coefficient (Wildman–Crippen LogP) is 3.51. The number of rotatable bonds is 7. The lowest BCUT2D eigenvalue weighted by atomic mass is 10.0. The van der Waals surface area contributed by atoms with Crippen LogP contribution in [0.15, 0.2) is 11.6 Å². The second-order valence-electron chi connectivity index (χ2n) is 4.40. The zero-order valence-corrected chi connectivity index (χ0v) is 11.0. The van der Waals surface area contributed by atoms with Crippen molar-refractivity contribution in [2.45, 2.75) is 47.0 Å². The van der Waals surface area contributed by atoms with Gasteiger partial charge in [0.15, 0.2) is 0 Å². The molecule has 0 spiro atoms. The third kappa shape index (κ3) is 9.56. The van der Waals surface area contributed by atoms with Crippen LogP contribution < -0.4 is 5.32 Å². The average molecular weight is 227 g/mol. The Hall–Kier alpha value is -0.990. The summed E-state index contributed by atoms with van der Waals surface area (Å²) < 4.78 is 4.78. The minimum absolute atomic E-state index is 0.306. The first-order valence-electron chi connectivity index (χ1n) is 6.10. The second kappa shape index (κ2) is 9.25. The number of amides is 1. The summed E-state index contributed by atoms with van der Waals surface area (Å²) in [6, 6.07) is 0. The smallest absolute Gasteiger partial charge is 0.407 e. The molecule has 0 aromatic rings. The number of nitrogens with one attached hydrogen (secondary N) is 1. The van der Waals surface area contributed by atoms with Gasteiger partial charge >= 0.3 is 6.09 Å². The number of alkyl carbamates (subject to hydrolysis) is 1. The summed E-state index contributed by atoms with van der Waals surface area (Å²) in [6.45, 7) is 9.39. The third-order valence-electron chi connectivity index (χ3n) is 2.39. The molecule has 0 unspecified atom stereocenters. The van der Waals surface area contributed by atoms with E-state index in [1.165, 1.54) is 12.0 Å². The highest BCUT2D eigenvalue weighted by Crippen LogP contribution is 2.10. The van der Waals surface area contributed by atoms with Crippen molar-refractivity contribution in [2.24, 2.45) is 5.92 Å². The van der Waals surface area contributed by atoms with E-state index in [4.69, 9.17) is 4.74 Å². The fraction of sp³-hybridized carbons (Fsp3) is 0.769. The number of hydrogen-bond acceptors (Lipinski definition) is 2. The van der Waals surface area contributed by atoms with Gasteiger partial charge in [-0.05, 0) is 46.0 Å². The normalized spacial score (nSPS) is 11.8. The van der Waals surface area contributed by atoms with Gasteiger partial charge in [0.2, 0.25) is 0 Å². The third-order valence-corrected chi connectivity index (χ3v) is 2.39. The van der Waals surface area contributed by atoms with Crippen molar-refractivity contribution >= 4 is 6.09 Å². The topological polar surface area (TPSA) is 38.3 Å². The fourth-order valence-electron chi connectivity index (χ4n) is 1.40. The molecule has 0 rings (SSSR count). The molecular weight excluding hydrogens is 202 g/mol. The van der Waals surface area contributed by atoms with Crippen LogP contribution in [0.3, 0.4) is 0 Å². The zero-order chi connectivity index (χ0) is 12.4. The number of ether oxygens (including phenoxy) is 1. The van der Waals surface area contributed by atoms with E-state index in [0.717, 1.165) is 12.8 Å². The van der Waals surface area contributed by atoms with Crippen molar-refractivity contribution in [3.63, 3.8) is 0 Å². The molecule has 0 fully saturated rings. The summed E-state index contributed by atoms with van der Waals surface area (Å²) in [5.74, 6) is 0.637. The van der Waals surface area contributed by atoms with Crippen LogP contribution in [0.5, 0.6) is 0 Å². The van der Waals surface area contributed by atoms with Crippen LogP contribution in [0.2, 0.25) is 0 Å². The van der Waals surface area contributed by atoms with Crippen molar-refractivity contribution in [2.75, 3.05) is 13.2 Å². The molecule has 0 saturated heterocycles. The maximum Gasteiger partial charge on any atom is 0.407 e. The Balaban J connectivity index is 3.47. The van der Waals surface area contributed by atoms with E-state index in [1.807, 2.05) is 6.92 Å². The molecule has 3 nitrogen and oxygen atoms in total. The van der Waals surface area contributed by atoms with E-state index in [1.54, 1.807) is 0 Å². The Morgan fingerprint density at radius 2 is 2.06 bits per heavy atom. The molecule has 0 aromatic carbocycles. The Morgan fingerprint density at radius 1 is 1.38 bits per heavy atom. The van der Waals surface area contributed by atoms with E-state index in [-0.39, 0.29) is 6.09 Å². The summed E-state index contributed by atoms with van der Waals surface area (Å²) >= 11 is 0. The molecule has 0 bridgehead atoms. The number of carbonyl (C=O) groups excluding carboxylic acids is 1. The predicted molar refractivity (Wildman–Crippen MR) is 67.5 cm³/mol. The minimum atomic E-state index is -0.306. The van der Waals surface area contributed by atoms with Gasteiger partial charge in [0.1, 0.15) is 0 Å². The first-order chi connectivity index (χ1) is 7.56. The van der Waals surface area contributed by atoms with Crippen LogP contribution in [-0.2, 0) is 4.74 Å². The lowest BCUT2D eigenvalue weighted by Gasteiger charge is -2.10. The molecule has 0 radical (unpaired) electrons. The Kier molecular flexibility index (Phi) is 8.68. The largest absolute Gasteiger partial charge is 0.450 e. The van der Waals surface area contributed by atoms with Gasteiger partial charge in [-0.25, -0.2) is 4.79 Å². The molecule has 94 valence electrons. The standard InChI is InChI=1S/C13H25NO2/c1-5-16-13(15)14-10-9-12(4)8-6-7-11(2)3/h7,12H,5-6,8-10H2,1-4H3,(H,14,15)/t12-/m1/s1. The quantitative estimate of drug-likeness (QED) is 0.676. The monoisotopic (exact) mass is 227 g/mol. The second-order valence-corrected chi connectivity index (χ2v) is 4.40. The maximum atomic E-state index is 11.0. The minimum Gasteiger partial charge on any atom is -0.450 e. The average Bonchev–Trinajstić information content (AvgIpc) is 2.17. The molecule has 0 aliphatic heterocycles. The molecule has 16 heavy (non-hydrogen) atoms. The molecule has 1 N–H and O–H groups in total. The van der Waals surface area contributed by atoms with Gasteiger partial charge in [0.25, 0.3) is 0 Å². The Morgan fingerprint density at radius 3 is 2.62 bits per heavy atom. The van der Waals surface area contributed by atoms with Crippen LogP contribution in [0.25, 0.3) is 0 Å².